The number of amides is 1. The SMILES string of the molecule is CN(C)C(=O)c1sc(NCc2cccs2)c(C#N)c1N. The second kappa shape index (κ2) is 5.94. The Balaban J connectivity index is 2.27. The zero-order valence-electron chi connectivity index (χ0n) is 11.1. The van der Waals surface area contributed by atoms with E-state index in [-0.39, 0.29) is 11.6 Å². The second-order valence-corrected chi connectivity index (χ2v) is 6.35. The summed E-state index contributed by atoms with van der Waals surface area (Å²) in [5, 5.41) is 15.0. The molecule has 0 atom stereocenters. The van der Waals surface area contributed by atoms with Crippen LogP contribution in [0.25, 0.3) is 0 Å². The van der Waals surface area contributed by atoms with E-state index >= 15 is 0 Å². The quantitative estimate of drug-likeness (QED) is 0.909. The van der Waals surface area contributed by atoms with Crippen molar-refractivity contribution in [2.24, 2.45) is 0 Å². The van der Waals surface area contributed by atoms with Crippen LogP contribution >= 0.6 is 22.7 Å². The number of hydrogen-bond donors (Lipinski definition) is 2. The lowest BCUT2D eigenvalue weighted by molar-refractivity contribution is 0.0833. The average molecular weight is 306 g/mol. The second-order valence-electron chi connectivity index (χ2n) is 4.29. The van der Waals surface area contributed by atoms with Crippen LogP contribution in [-0.4, -0.2) is 24.9 Å². The first kappa shape index (κ1) is 14.4. The predicted molar refractivity (Wildman–Crippen MR) is 83.1 cm³/mol. The fraction of sp³-hybridized carbons (Fsp3) is 0.231. The molecule has 7 heteroatoms. The summed E-state index contributed by atoms with van der Waals surface area (Å²) in [5.41, 5.74) is 6.50. The highest BCUT2D eigenvalue weighted by Crippen LogP contribution is 2.36. The highest BCUT2D eigenvalue weighted by Gasteiger charge is 2.22. The molecule has 0 aliphatic rings. The minimum absolute atomic E-state index is 0.187. The summed E-state index contributed by atoms with van der Waals surface area (Å²) >= 11 is 2.85. The number of carbonyl (C=O) groups is 1. The smallest absolute Gasteiger partial charge is 0.265 e. The van der Waals surface area contributed by atoms with E-state index in [1.165, 1.54) is 16.2 Å². The Morgan fingerprint density at radius 3 is 2.85 bits per heavy atom. The summed E-state index contributed by atoms with van der Waals surface area (Å²) in [7, 11) is 3.32. The molecule has 1 amide bonds. The molecule has 0 saturated carbocycles. The van der Waals surface area contributed by atoms with Crippen molar-refractivity contribution in [2.75, 3.05) is 25.1 Å². The van der Waals surface area contributed by atoms with E-state index < -0.39 is 0 Å². The first-order chi connectivity index (χ1) is 9.54. The van der Waals surface area contributed by atoms with Gasteiger partial charge in [0.1, 0.15) is 21.5 Å². The number of rotatable bonds is 4. The maximum Gasteiger partial charge on any atom is 0.265 e. The third kappa shape index (κ3) is 2.76. The Morgan fingerprint density at radius 1 is 1.55 bits per heavy atom. The fourth-order valence-corrected chi connectivity index (χ4v) is 3.35. The Labute approximate surface area is 125 Å². The molecule has 2 heterocycles. The van der Waals surface area contributed by atoms with Crippen molar-refractivity contribution in [1.29, 1.82) is 5.26 Å². The number of nitrogens with one attached hydrogen (secondary N) is 1. The van der Waals surface area contributed by atoms with E-state index in [1.807, 2.05) is 17.5 Å². The van der Waals surface area contributed by atoms with Gasteiger partial charge in [0.2, 0.25) is 0 Å². The minimum atomic E-state index is -0.187. The van der Waals surface area contributed by atoms with Crippen LogP contribution in [0.5, 0.6) is 0 Å². The highest BCUT2D eigenvalue weighted by atomic mass is 32.1. The lowest BCUT2D eigenvalue weighted by Crippen LogP contribution is -2.21. The first-order valence-electron chi connectivity index (χ1n) is 5.84. The van der Waals surface area contributed by atoms with Crippen molar-refractivity contribution >= 4 is 39.3 Å². The number of nitrogens with zero attached hydrogens (tertiary/aromatic N) is 2. The number of nitrogen functional groups attached to an aromatic ring is 1. The number of nitrogens with two attached hydrogens (primary N) is 1. The van der Waals surface area contributed by atoms with Crippen LogP contribution in [0, 0.1) is 11.3 Å². The molecule has 2 aromatic heterocycles. The third-order valence-electron chi connectivity index (χ3n) is 2.66. The number of thiophene rings is 2. The number of anilines is 2. The first-order valence-corrected chi connectivity index (χ1v) is 7.54. The van der Waals surface area contributed by atoms with Gasteiger partial charge in [0.05, 0.1) is 12.2 Å². The molecule has 2 aromatic rings. The van der Waals surface area contributed by atoms with Crippen molar-refractivity contribution in [1.82, 2.24) is 4.90 Å². The standard InChI is InChI=1S/C13H14N4OS2/c1-17(2)13(18)11-10(15)9(6-14)12(20-11)16-7-8-4-3-5-19-8/h3-5,16H,7,15H2,1-2H3. The zero-order valence-corrected chi connectivity index (χ0v) is 12.8. The van der Waals surface area contributed by atoms with Crippen molar-refractivity contribution in [3.05, 3.63) is 32.8 Å². The normalized spacial score (nSPS) is 10.1. The van der Waals surface area contributed by atoms with Gasteiger partial charge >= 0.3 is 0 Å². The molecular weight excluding hydrogens is 292 g/mol. The van der Waals surface area contributed by atoms with Gasteiger partial charge < -0.3 is 16.0 Å². The molecule has 0 saturated heterocycles. The van der Waals surface area contributed by atoms with E-state index in [9.17, 15) is 10.1 Å². The topological polar surface area (TPSA) is 82.2 Å². The van der Waals surface area contributed by atoms with Gasteiger partial charge in [0.25, 0.3) is 5.91 Å². The zero-order chi connectivity index (χ0) is 14.7. The van der Waals surface area contributed by atoms with Gasteiger partial charge in [0.15, 0.2) is 0 Å². The van der Waals surface area contributed by atoms with Gasteiger partial charge in [-0.1, -0.05) is 6.07 Å². The summed E-state index contributed by atoms with van der Waals surface area (Å²) in [4.78, 5) is 15.0. The molecule has 0 radical (unpaired) electrons. The molecule has 0 fully saturated rings. The Morgan fingerprint density at radius 2 is 2.30 bits per heavy atom. The van der Waals surface area contributed by atoms with Crippen molar-refractivity contribution in [3.8, 4) is 6.07 Å². The van der Waals surface area contributed by atoms with Gasteiger partial charge in [-0.15, -0.1) is 22.7 Å². The monoisotopic (exact) mass is 306 g/mol. The molecule has 0 aromatic carbocycles. The van der Waals surface area contributed by atoms with Crippen molar-refractivity contribution < 1.29 is 4.79 Å². The molecule has 5 nitrogen and oxygen atoms in total. The van der Waals surface area contributed by atoms with Crippen LogP contribution in [0.15, 0.2) is 17.5 Å². The van der Waals surface area contributed by atoms with Gasteiger partial charge in [-0.2, -0.15) is 5.26 Å². The molecule has 104 valence electrons. The Hall–Kier alpha value is -2.04. The van der Waals surface area contributed by atoms with Crippen LogP contribution < -0.4 is 11.1 Å². The predicted octanol–water partition coefficient (Wildman–Crippen LogP) is 2.58. The summed E-state index contributed by atoms with van der Waals surface area (Å²) in [6.07, 6.45) is 0. The van der Waals surface area contributed by atoms with Gasteiger partial charge in [0, 0.05) is 19.0 Å². The van der Waals surface area contributed by atoms with Crippen LogP contribution in [-0.2, 0) is 6.54 Å². The maximum absolute atomic E-state index is 12.0. The molecule has 2 rings (SSSR count). The van der Waals surface area contributed by atoms with Crippen LogP contribution in [0.1, 0.15) is 20.1 Å². The summed E-state index contributed by atoms with van der Waals surface area (Å²) < 4.78 is 0. The average Bonchev–Trinajstić information content (AvgIpc) is 3.03. The number of carbonyl (C=O) groups excluding carboxylic acids is 1. The van der Waals surface area contributed by atoms with Gasteiger partial charge in [-0.25, -0.2) is 0 Å². The lowest BCUT2D eigenvalue weighted by Gasteiger charge is -2.08. The van der Waals surface area contributed by atoms with Crippen LogP contribution in [0.4, 0.5) is 10.7 Å². The molecule has 3 N–H and O–H groups in total. The van der Waals surface area contributed by atoms with Crippen LogP contribution in [0.2, 0.25) is 0 Å². The van der Waals surface area contributed by atoms with Gasteiger partial charge in [-0.3, -0.25) is 4.79 Å². The minimum Gasteiger partial charge on any atom is -0.396 e. The Kier molecular flexibility index (Phi) is 4.27. The summed E-state index contributed by atoms with van der Waals surface area (Å²) in [6.45, 7) is 0.613. The van der Waals surface area contributed by atoms with E-state index in [2.05, 4.69) is 11.4 Å². The molecule has 0 unspecified atom stereocenters. The van der Waals surface area contributed by atoms with Crippen molar-refractivity contribution in [2.45, 2.75) is 6.54 Å². The number of hydrogen-bond acceptors (Lipinski definition) is 6. The van der Waals surface area contributed by atoms with Gasteiger partial charge in [-0.05, 0) is 11.4 Å². The highest BCUT2D eigenvalue weighted by molar-refractivity contribution is 7.19. The molecule has 0 spiro atoms. The molecule has 20 heavy (non-hydrogen) atoms. The third-order valence-corrected chi connectivity index (χ3v) is 4.69. The molecule has 0 aliphatic carbocycles. The summed E-state index contributed by atoms with van der Waals surface area (Å²) in [5.74, 6) is -0.187. The van der Waals surface area contributed by atoms with Crippen molar-refractivity contribution in [3.63, 3.8) is 0 Å². The largest absolute Gasteiger partial charge is 0.396 e. The van der Waals surface area contributed by atoms with E-state index in [1.54, 1.807) is 25.4 Å². The number of nitriles is 1. The molecule has 0 aliphatic heterocycles. The summed E-state index contributed by atoms with van der Waals surface area (Å²) in [6, 6.07) is 6.04. The maximum atomic E-state index is 12.0. The lowest BCUT2D eigenvalue weighted by atomic mass is 10.2. The molecular formula is C13H14N4OS2. The van der Waals surface area contributed by atoms with E-state index in [0.29, 0.717) is 22.0 Å². The van der Waals surface area contributed by atoms with Crippen LogP contribution in [0.3, 0.4) is 0 Å². The van der Waals surface area contributed by atoms with E-state index in [4.69, 9.17) is 5.73 Å². The fourth-order valence-electron chi connectivity index (χ4n) is 1.62. The Bertz CT molecular complexity index is 653. The molecule has 0 bridgehead atoms. The van der Waals surface area contributed by atoms with E-state index in [0.717, 1.165) is 4.88 Å².